The molecule has 3 unspecified atom stereocenters. The number of morpholine rings is 1. The van der Waals surface area contributed by atoms with Crippen molar-refractivity contribution in [2.45, 2.75) is 82.6 Å². The summed E-state index contributed by atoms with van der Waals surface area (Å²) in [6, 6.07) is 11.0. The van der Waals surface area contributed by atoms with E-state index in [-0.39, 0.29) is 12.4 Å². The Bertz CT molecular complexity index is 602. The van der Waals surface area contributed by atoms with E-state index in [4.69, 9.17) is 4.74 Å². The maximum absolute atomic E-state index is 5.73. The van der Waals surface area contributed by atoms with Crippen LogP contribution in [0.1, 0.15) is 62.5 Å². The lowest BCUT2D eigenvalue weighted by molar-refractivity contribution is 0.0524. The van der Waals surface area contributed by atoms with E-state index in [9.17, 15) is 0 Å². The number of hydrogen-bond acceptors (Lipinski definition) is 4. The fraction of sp³-hybridized carbons (Fsp3) is 0.750. The largest absolute Gasteiger partial charge is 0.379 e. The van der Waals surface area contributed by atoms with Gasteiger partial charge in [0.25, 0.3) is 0 Å². The first-order chi connectivity index (χ1) is 13.8. The number of rotatable bonds is 7. The third kappa shape index (κ3) is 6.18. The zero-order chi connectivity index (χ0) is 19.2. The molecule has 1 aromatic carbocycles. The first kappa shape index (κ1) is 23.0. The second-order valence-electron chi connectivity index (χ2n) is 9.19. The van der Waals surface area contributed by atoms with E-state index in [2.05, 4.69) is 46.8 Å². The van der Waals surface area contributed by atoms with Crippen molar-refractivity contribution in [1.29, 1.82) is 0 Å². The molecule has 4 nitrogen and oxygen atoms in total. The molecule has 164 valence electrons. The van der Waals surface area contributed by atoms with Crippen LogP contribution in [0.3, 0.4) is 0 Å². The molecule has 4 rings (SSSR count). The molecule has 0 bridgehead atoms. The van der Waals surface area contributed by atoms with Gasteiger partial charge in [-0.1, -0.05) is 49.9 Å². The van der Waals surface area contributed by atoms with Gasteiger partial charge in [-0.3, -0.25) is 4.90 Å². The summed E-state index contributed by atoms with van der Waals surface area (Å²) in [4.78, 5) is 2.60. The van der Waals surface area contributed by atoms with Gasteiger partial charge in [-0.15, -0.1) is 12.4 Å². The Hall–Kier alpha value is -0.650. The van der Waals surface area contributed by atoms with Gasteiger partial charge in [-0.25, -0.2) is 0 Å². The lowest BCUT2D eigenvalue weighted by Gasteiger charge is -2.33. The van der Waals surface area contributed by atoms with Gasteiger partial charge in [-0.2, -0.15) is 0 Å². The van der Waals surface area contributed by atoms with Gasteiger partial charge in [0.05, 0.1) is 13.2 Å². The molecule has 1 heterocycles. The minimum Gasteiger partial charge on any atom is -0.379 e. The third-order valence-electron chi connectivity index (χ3n) is 7.33. The molecule has 1 aromatic rings. The summed E-state index contributed by atoms with van der Waals surface area (Å²) >= 11 is 0. The predicted octanol–water partition coefficient (Wildman–Crippen LogP) is 4.12. The molecule has 0 spiro atoms. The summed E-state index contributed by atoms with van der Waals surface area (Å²) in [6.07, 6.45) is 10.9. The average Bonchev–Trinajstić information content (AvgIpc) is 3.23. The maximum Gasteiger partial charge on any atom is 0.0623 e. The van der Waals surface area contributed by atoms with Crippen molar-refractivity contribution in [3.8, 4) is 0 Å². The van der Waals surface area contributed by atoms with Gasteiger partial charge in [0.15, 0.2) is 0 Å². The lowest BCUT2D eigenvalue weighted by atomic mass is 9.93. The fourth-order valence-electron chi connectivity index (χ4n) is 5.63. The van der Waals surface area contributed by atoms with E-state index in [0.29, 0.717) is 18.0 Å². The normalized spacial score (nSPS) is 28.4. The third-order valence-corrected chi connectivity index (χ3v) is 7.33. The molecule has 1 aliphatic heterocycles. The minimum absolute atomic E-state index is 0. The van der Waals surface area contributed by atoms with Crippen LogP contribution >= 0.6 is 12.4 Å². The Balaban J connectivity index is 0.00000240. The Morgan fingerprint density at radius 3 is 2.59 bits per heavy atom. The molecule has 2 aliphatic carbocycles. The quantitative estimate of drug-likeness (QED) is 0.694. The molecule has 2 N–H and O–H groups in total. The molecule has 3 atom stereocenters. The SMILES string of the molecule is CN(Cc1ccccc1CNC1CCCC1C1COCCN1)C1CCCCC1.Cl. The van der Waals surface area contributed by atoms with E-state index < -0.39 is 0 Å². The molecule has 1 saturated heterocycles. The van der Waals surface area contributed by atoms with Crippen molar-refractivity contribution < 1.29 is 4.74 Å². The summed E-state index contributed by atoms with van der Waals surface area (Å²) in [5, 5.41) is 7.62. The van der Waals surface area contributed by atoms with Crippen LogP contribution in [-0.2, 0) is 17.8 Å². The zero-order valence-electron chi connectivity index (χ0n) is 18.1. The fourth-order valence-corrected chi connectivity index (χ4v) is 5.63. The van der Waals surface area contributed by atoms with E-state index in [1.165, 1.54) is 62.5 Å². The summed E-state index contributed by atoms with van der Waals surface area (Å²) < 4.78 is 5.73. The smallest absolute Gasteiger partial charge is 0.0623 e. The highest BCUT2D eigenvalue weighted by Crippen LogP contribution is 2.30. The van der Waals surface area contributed by atoms with Crippen molar-refractivity contribution in [2.75, 3.05) is 26.8 Å². The highest BCUT2D eigenvalue weighted by atomic mass is 35.5. The van der Waals surface area contributed by atoms with Crippen molar-refractivity contribution in [3.63, 3.8) is 0 Å². The van der Waals surface area contributed by atoms with Crippen LogP contribution in [0.15, 0.2) is 24.3 Å². The van der Waals surface area contributed by atoms with Gasteiger partial charge >= 0.3 is 0 Å². The summed E-state index contributed by atoms with van der Waals surface area (Å²) in [5.74, 6) is 0.706. The minimum atomic E-state index is 0. The second-order valence-corrected chi connectivity index (χ2v) is 9.19. The van der Waals surface area contributed by atoms with Crippen LogP contribution in [0.4, 0.5) is 0 Å². The molecule has 0 aromatic heterocycles. The van der Waals surface area contributed by atoms with Crippen molar-refractivity contribution in [2.24, 2.45) is 5.92 Å². The van der Waals surface area contributed by atoms with Crippen LogP contribution in [-0.4, -0.2) is 49.8 Å². The molecule has 3 aliphatic rings. The molecule has 2 saturated carbocycles. The van der Waals surface area contributed by atoms with E-state index in [1.807, 2.05) is 0 Å². The number of nitrogens with zero attached hydrogens (tertiary/aromatic N) is 1. The number of halogens is 1. The van der Waals surface area contributed by atoms with E-state index in [1.54, 1.807) is 0 Å². The van der Waals surface area contributed by atoms with Crippen LogP contribution in [0.25, 0.3) is 0 Å². The van der Waals surface area contributed by atoms with Gasteiger partial charge in [-0.05, 0) is 49.8 Å². The molecule has 0 amide bonds. The predicted molar refractivity (Wildman–Crippen MR) is 123 cm³/mol. The first-order valence-corrected chi connectivity index (χ1v) is 11.6. The molecular weight excluding hydrogens is 382 g/mol. The molecule has 29 heavy (non-hydrogen) atoms. The Morgan fingerprint density at radius 2 is 1.83 bits per heavy atom. The Morgan fingerprint density at radius 1 is 1.03 bits per heavy atom. The molecule has 3 fully saturated rings. The molecule has 5 heteroatoms. The number of ether oxygens (including phenoxy) is 1. The van der Waals surface area contributed by atoms with Crippen LogP contribution in [0.2, 0.25) is 0 Å². The topological polar surface area (TPSA) is 36.5 Å². The molecular formula is C24H40ClN3O. The number of benzene rings is 1. The van der Waals surface area contributed by atoms with Crippen molar-refractivity contribution in [1.82, 2.24) is 15.5 Å². The van der Waals surface area contributed by atoms with Gasteiger partial charge < -0.3 is 15.4 Å². The Kier molecular flexibility index (Phi) is 9.26. The summed E-state index contributed by atoms with van der Waals surface area (Å²) in [6.45, 7) is 4.82. The number of nitrogens with one attached hydrogen (secondary N) is 2. The van der Waals surface area contributed by atoms with Gasteiger partial charge in [0, 0.05) is 37.8 Å². The van der Waals surface area contributed by atoms with Crippen LogP contribution < -0.4 is 10.6 Å². The second kappa shape index (κ2) is 11.7. The Labute approximate surface area is 183 Å². The average molecular weight is 422 g/mol. The maximum atomic E-state index is 5.73. The van der Waals surface area contributed by atoms with Gasteiger partial charge in [0.1, 0.15) is 0 Å². The van der Waals surface area contributed by atoms with Crippen molar-refractivity contribution in [3.05, 3.63) is 35.4 Å². The number of hydrogen-bond donors (Lipinski definition) is 2. The highest BCUT2D eigenvalue weighted by molar-refractivity contribution is 5.85. The van der Waals surface area contributed by atoms with E-state index >= 15 is 0 Å². The summed E-state index contributed by atoms with van der Waals surface area (Å²) in [7, 11) is 2.32. The first-order valence-electron chi connectivity index (χ1n) is 11.6. The molecule has 0 radical (unpaired) electrons. The van der Waals surface area contributed by atoms with Gasteiger partial charge in [0.2, 0.25) is 0 Å². The van der Waals surface area contributed by atoms with Crippen molar-refractivity contribution >= 4 is 12.4 Å². The monoisotopic (exact) mass is 421 g/mol. The highest BCUT2D eigenvalue weighted by Gasteiger charge is 2.34. The van der Waals surface area contributed by atoms with Crippen LogP contribution in [0.5, 0.6) is 0 Å². The van der Waals surface area contributed by atoms with Crippen LogP contribution in [0, 0.1) is 5.92 Å². The standard InChI is InChI=1S/C24H39N3O.ClH/c1-27(21-10-3-2-4-11-21)17-20-9-6-5-8-19(20)16-26-23-13-7-12-22(23)24-18-28-15-14-25-24;/h5-6,8-9,21-26H,2-4,7,10-18H2,1H3;1H. The lowest BCUT2D eigenvalue weighted by Crippen LogP contribution is -2.50. The zero-order valence-corrected chi connectivity index (χ0v) is 18.9. The van der Waals surface area contributed by atoms with E-state index in [0.717, 1.165) is 38.9 Å². The summed E-state index contributed by atoms with van der Waals surface area (Å²) in [5.41, 5.74) is 2.97.